The molecular formula is C21H18Cl2N2O3S. The number of benzene rings is 2. The molecule has 1 unspecified atom stereocenters. The molecule has 0 saturated heterocycles. The Morgan fingerprint density at radius 1 is 1.00 bits per heavy atom. The average Bonchev–Trinajstić information content (AvgIpc) is 3.20. The molecule has 3 rings (SSSR count). The number of carbonyl (C=O) groups excluding carboxylic acids is 2. The van der Waals surface area contributed by atoms with Crippen molar-refractivity contribution in [3.8, 4) is 0 Å². The Hall–Kier alpha value is -2.41. The molecule has 3 aromatic rings. The third-order valence-electron chi connectivity index (χ3n) is 3.91. The Balaban J connectivity index is 1.67. The van der Waals surface area contributed by atoms with Crippen molar-refractivity contribution in [1.82, 2.24) is 0 Å². The first-order valence-electron chi connectivity index (χ1n) is 8.83. The van der Waals surface area contributed by atoms with Gasteiger partial charge in [-0.3, -0.25) is 9.59 Å². The highest BCUT2D eigenvalue weighted by atomic mass is 35.5. The quantitative estimate of drug-likeness (QED) is 0.413. The van der Waals surface area contributed by atoms with E-state index in [0.717, 1.165) is 4.90 Å². The van der Waals surface area contributed by atoms with E-state index in [1.807, 2.05) is 25.1 Å². The van der Waals surface area contributed by atoms with Gasteiger partial charge in [0.15, 0.2) is 5.76 Å². The smallest absolute Gasteiger partial charge is 0.291 e. The van der Waals surface area contributed by atoms with Crippen LogP contribution in [0.3, 0.4) is 0 Å². The minimum atomic E-state index is -0.334. The first kappa shape index (κ1) is 21.3. The van der Waals surface area contributed by atoms with E-state index in [9.17, 15) is 9.59 Å². The molecule has 1 heterocycles. The van der Waals surface area contributed by atoms with E-state index in [1.54, 1.807) is 36.4 Å². The highest BCUT2D eigenvalue weighted by Gasteiger charge is 2.19. The summed E-state index contributed by atoms with van der Waals surface area (Å²) < 4.78 is 5.10. The highest BCUT2D eigenvalue weighted by Crippen LogP contribution is 2.29. The molecule has 0 radical (unpaired) electrons. The number of hydrogen-bond acceptors (Lipinski definition) is 4. The summed E-state index contributed by atoms with van der Waals surface area (Å²) in [7, 11) is 0. The van der Waals surface area contributed by atoms with E-state index in [2.05, 4.69) is 10.6 Å². The Kier molecular flexibility index (Phi) is 7.25. The fourth-order valence-corrected chi connectivity index (χ4v) is 4.12. The molecule has 0 spiro atoms. The molecule has 2 amide bonds. The topological polar surface area (TPSA) is 71.3 Å². The van der Waals surface area contributed by atoms with Crippen molar-refractivity contribution >= 4 is 58.2 Å². The molecule has 0 bridgehead atoms. The fourth-order valence-electron chi connectivity index (χ4n) is 2.58. The van der Waals surface area contributed by atoms with E-state index in [1.165, 1.54) is 18.0 Å². The van der Waals surface area contributed by atoms with Gasteiger partial charge in [-0.15, -0.1) is 11.8 Å². The number of anilines is 2. The maximum Gasteiger partial charge on any atom is 0.291 e. The maximum absolute atomic E-state index is 12.7. The van der Waals surface area contributed by atoms with Crippen LogP contribution in [0.15, 0.2) is 70.2 Å². The van der Waals surface area contributed by atoms with Crippen molar-refractivity contribution in [2.45, 2.75) is 23.5 Å². The monoisotopic (exact) mass is 448 g/mol. The molecule has 0 saturated carbocycles. The molecular weight excluding hydrogens is 431 g/mol. The Morgan fingerprint density at radius 3 is 2.41 bits per heavy atom. The van der Waals surface area contributed by atoms with Gasteiger partial charge in [-0.2, -0.15) is 0 Å². The Bertz CT molecular complexity index is 989. The predicted molar refractivity (Wildman–Crippen MR) is 118 cm³/mol. The molecule has 8 heteroatoms. The molecule has 5 nitrogen and oxygen atoms in total. The van der Waals surface area contributed by atoms with Crippen molar-refractivity contribution in [3.05, 3.63) is 76.7 Å². The van der Waals surface area contributed by atoms with Crippen molar-refractivity contribution in [3.63, 3.8) is 0 Å². The fraction of sp³-hybridized carbons (Fsp3) is 0.143. The number of hydrogen-bond donors (Lipinski definition) is 2. The number of amides is 2. The molecule has 2 N–H and O–H groups in total. The van der Waals surface area contributed by atoms with Gasteiger partial charge in [-0.25, -0.2) is 0 Å². The SMILES string of the molecule is CCC(Sc1cccc(NC(=O)c2ccco2)c1)C(=O)Nc1cc(Cl)cc(Cl)c1. The first-order chi connectivity index (χ1) is 13.9. The maximum atomic E-state index is 12.7. The average molecular weight is 449 g/mol. The van der Waals surface area contributed by atoms with Gasteiger partial charge < -0.3 is 15.1 Å². The Labute approximate surface area is 182 Å². The van der Waals surface area contributed by atoms with Gasteiger partial charge in [0.25, 0.3) is 5.91 Å². The minimum absolute atomic E-state index is 0.152. The van der Waals surface area contributed by atoms with Crippen molar-refractivity contribution in [2.75, 3.05) is 10.6 Å². The summed E-state index contributed by atoms with van der Waals surface area (Å²) in [5.41, 5.74) is 1.17. The van der Waals surface area contributed by atoms with Crippen LogP contribution in [0.1, 0.15) is 23.9 Å². The molecule has 0 aliphatic rings. The molecule has 150 valence electrons. The number of thioether (sulfide) groups is 1. The number of halogens is 2. The second-order valence-corrected chi connectivity index (χ2v) is 8.27. The van der Waals surface area contributed by atoms with Crippen LogP contribution in [0.4, 0.5) is 11.4 Å². The van der Waals surface area contributed by atoms with E-state index in [0.29, 0.717) is 27.8 Å². The van der Waals surface area contributed by atoms with Crippen molar-refractivity contribution in [2.24, 2.45) is 0 Å². The molecule has 1 atom stereocenters. The van der Waals surface area contributed by atoms with Crippen LogP contribution in [0.2, 0.25) is 10.0 Å². The third kappa shape index (κ3) is 6.03. The number of furan rings is 1. The minimum Gasteiger partial charge on any atom is -0.459 e. The number of nitrogens with one attached hydrogen (secondary N) is 2. The lowest BCUT2D eigenvalue weighted by molar-refractivity contribution is -0.115. The molecule has 0 fully saturated rings. The summed E-state index contributed by atoms with van der Waals surface area (Å²) in [6.07, 6.45) is 2.06. The van der Waals surface area contributed by atoms with Gasteiger partial charge in [0.1, 0.15) is 0 Å². The van der Waals surface area contributed by atoms with Crippen LogP contribution in [-0.2, 0) is 4.79 Å². The lowest BCUT2D eigenvalue weighted by Gasteiger charge is -2.16. The van der Waals surface area contributed by atoms with Gasteiger partial charge in [0.05, 0.1) is 11.5 Å². The normalized spacial score (nSPS) is 11.7. The van der Waals surface area contributed by atoms with Gasteiger partial charge in [-0.05, 0) is 55.0 Å². The predicted octanol–water partition coefficient (Wildman–Crippen LogP) is 6.35. The van der Waals surface area contributed by atoms with Crippen LogP contribution in [0.5, 0.6) is 0 Å². The second-order valence-electron chi connectivity index (χ2n) is 6.12. The molecule has 2 aromatic carbocycles. The summed E-state index contributed by atoms with van der Waals surface area (Å²) in [5.74, 6) is -0.255. The summed E-state index contributed by atoms with van der Waals surface area (Å²) in [6, 6.07) is 15.4. The number of rotatable bonds is 7. The Morgan fingerprint density at radius 2 is 1.76 bits per heavy atom. The van der Waals surface area contributed by atoms with Gasteiger partial charge in [-0.1, -0.05) is 36.2 Å². The standard InChI is InChI=1S/C21H18Cl2N2O3S/c1-2-19(21(27)25-16-10-13(22)9-14(23)11-16)29-17-6-3-5-15(12-17)24-20(26)18-7-4-8-28-18/h3-12,19H,2H2,1H3,(H,24,26)(H,25,27). The molecule has 0 aliphatic heterocycles. The van der Waals surface area contributed by atoms with Crippen LogP contribution >= 0.6 is 35.0 Å². The summed E-state index contributed by atoms with van der Waals surface area (Å²) in [6.45, 7) is 1.94. The van der Waals surface area contributed by atoms with Crippen molar-refractivity contribution in [1.29, 1.82) is 0 Å². The lowest BCUT2D eigenvalue weighted by Crippen LogP contribution is -2.24. The highest BCUT2D eigenvalue weighted by molar-refractivity contribution is 8.00. The van der Waals surface area contributed by atoms with E-state index < -0.39 is 0 Å². The van der Waals surface area contributed by atoms with E-state index in [-0.39, 0.29) is 22.8 Å². The van der Waals surface area contributed by atoms with Crippen LogP contribution < -0.4 is 10.6 Å². The second kappa shape index (κ2) is 9.87. The van der Waals surface area contributed by atoms with Gasteiger partial charge in [0, 0.05) is 26.3 Å². The summed E-state index contributed by atoms with van der Waals surface area (Å²) in [4.78, 5) is 25.7. The molecule has 1 aromatic heterocycles. The zero-order valence-electron chi connectivity index (χ0n) is 15.4. The van der Waals surface area contributed by atoms with E-state index >= 15 is 0 Å². The van der Waals surface area contributed by atoms with Crippen LogP contribution in [0, 0.1) is 0 Å². The van der Waals surface area contributed by atoms with Gasteiger partial charge >= 0.3 is 0 Å². The summed E-state index contributed by atoms with van der Waals surface area (Å²) in [5, 5.41) is 6.21. The van der Waals surface area contributed by atoms with Gasteiger partial charge in [0.2, 0.25) is 5.91 Å². The zero-order chi connectivity index (χ0) is 20.8. The summed E-state index contributed by atoms with van der Waals surface area (Å²) >= 11 is 13.4. The zero-order valence-corrected chi connectivity index (χ0v) is 17.8. The number of carbonyl (C=O) groups is 2. The molecule has 29 heavy (non-hydrogen) atoms. The third-order valence-corrected chi connectivity index (χ3v) is 5.70. The lowest BCUT2D eigenvalue weighted by atomic mass is 10.2. The van der Waals surface area contributed by atoms with Crippen LogP contribution in [0.25, 0.3) is 0 Å². The largest absolute Gasteiger partial charge is 0.459 e. The molecule has 0 aliphatic carbocycles. The van der Waals surface area contributed by atoms with Crippen LogP contribution in [-0.4, -0.2) is 17.1 Å². The first-order valence-corrected chi connectivity index (χ1v) is 10.5. The van der Waals surface area contributed by atoms with Crippen molar-refractivity contribution < 1.29 is 14.0 Å². The van der Waals surface area contributed by atoms with E-state index in [4.69, 9.17) is 27.6 Å².